The molecular formula is C18H19F3N2O. The molecule has 3 nitrogen and oxygen atoms in total. The van der Waals surface area contributed by atoms with E-state index in [1.807, 2.05) is 37.3 Å². The van der Waals surface area contributed by atoms with E-state index in [4.69, 9.17) is 0 Å². The maximum atomic E-state index is 12.5. The van der Waals surface area contributed by atoms with Crippen LogP contribution < -0.4 is 10.2 Å². The largest absolute Gasteiger partial charge is 0.416 e. The van der Waals surface area contributed by atoms with Gasteiger partial charge in [0.1, 0.15) is 0 Å². The Bertz CT molecular complexity index is 654. The molecule has 0 spiro atoms. The number of benzene rings is 2. The minimum atomic E-state index is -4.34. The number of carbonyl (C=O) groups is 1. The van der Waals surface area contributed by atoms with Gasteiger partial charge in [0, 0.05) is 30.9 Å². The molecule has 0 bridgehead atoms. The fourth-order valence-electron chi connectivity index (χ4n) is 2.34. The predicted molar refractivity (Wildman–Crippen MR) is 89.0 cm³/mol. The standard InChI is InChI=1S/C18H19F3N2O/c1-2-23(16-6-4-3-5-7-16)17(24)12-13-22-15-10-8-14(9-11-15)18(19,20)21/h3-11,22H,2,12-13H2,1H3. The first-order valence-electron chi connectivity index (χ1n) is 7.68. The highest BCUT2D eigenvalue weighted by Gasteiger charge is 2.29. The number of carbonyl (C=O) groups excluding carboxylic acids is 1. The number of nitrogens with zero attached hydrogens (tertiary/aromatic N) is 1. The fourth-order valence-corrected chi connectivity index (χ4v) is 2.34. The van der Waals surface area contributed by atoms with Crippen molar-refractivity contribution in [2.75, 3.05) is 23.3 Å². The number of alkyl halides is 3. The molecule has 2 aromatic carbocycles. The summed E-state index contributed by atoms with van der Waals surface area (Å²) in [6.07, 6.45) is -4.09. The highest BCUT2D eigenvalue weighted by atomic mass is 19.4. The second-order valence-corrected chi connectivity index (χ2v) is 5.23. The van der Waals surface area contributed by atoms with E-state index in [1.165, 1.54) is 12.1 Å². The summed E-state index contributed by atoms with van der Waals surface area (Å²) in [4.78, 5) is 14.0. The van der Waals surface area contributed by atoms with Gasteiger partial charge in [0.2, 0.25) is 5.91 Å². The van der Waals surface area contributed by atoms with Gasteiger partial charge in [0.15, 0.2) is 0 Å². The summed E-state index contributed by atoms with van der Waals surface area (Å²) in [5, 5.41) is 2.97. The molecule has 0 saturated heterocycles. The zero-order valence-electron chi connectivity index (χ0n) is 13.3. The highest BCUT2D eigenvalue weighted by molar-refractivity contribution is 5.93. The Hall–Kier alpha value is -2.50. The van der Waals surface area contributed by atoms with Gasteiger partial charge in [0.05, 0.1) is 5.56 Å². The average Bonchev–Trinajstić information content (AvgIpc) is 2.56. The summed E-state index contributed by atoms with van der Waals surface area (Å²) in [6.45, 7) is 2.81. The number of anilines is 2. The zero-order chi connectivity index (χ0) is 17.6. The van der Waals surface area contributed by atoms with Gasteiger partial charge >= 0.3 is 6.18 Å². The van der Waals surface area contributed by atoms with Gasteiger partial charge in [-0.2, -0.15) is 13.2 Å². The van der Waals surface area contributed by atoms with Crippen molar-refractivity contribution in [2.24, 2.45) is 0 Å². The Labute approximate surface area is 139 Å². The van der Waals surface area contributed by atoms with Gasteiger partial charge in [0.25, 0.3) is 0 Å². The van der Waals surface area contributed by atoms with Gasteiger partial charge in [-0.15, -0.1) is 0 Å². The quantitative estimate of drug-likeness (QED) is 0.839. The highest BCUT2D eigenvalue weighted by Crippen LogP contribution is 2.29. The summed E-state index contributed by atoms with van der Waals surface area (Å²) in [7, 11) is 0. The topological polar surface area (TPSA) is 32.3 Å². The summed E-state index contributed by atoms with van der Waals surface area (Å²) < 4.78 is 37.5. The zero-order valence-corrected chi connectivity index (χ0v) is 13.3. The molecule has 0 aromatic heterocycles. The lowest BCUT2D eigenvalue weighted by Gasteiger charge is -2.21. The molecule has 0 fully saturated rings. The van der Waals surface area contributed by atoms with E-state index in [2.05, 4.69) is 5.32 Å². The molecule has 2 aromatic rings. The van der Waals surface area contributed by atoms with Crippen LogP contribution in [0.2, 0.25) is 0 Å². The van der Waals surface area contributed by atoms with E-state index >= 15 is 0 Å². The molecule has 0 aliphatic rings. The first kappa shape index (κ1) is 17.8. The van der Waals surface area contributed by atoms with Crippen molar-refractivity contribution in [1.82, 2.24) is 0 Å². The van der Waals surface area contributed by atoms with E-state index in [0.29, 0.717) is 18.8 Å². The first-order chi connectivity index (χ1) is 11.4. The number of hydrogen-bond donors (Lipinski definition) is 1. The van der Waals surface area contributed by atoms with Crippen LogP contribution in [0, 0.1) is 0 Å². The van der Waals surface area contributed by atoms with Crippen LogP contribution in [0.4, 0.5) is 24.5 Å². The van der Waals surface area contributed by atoms with Crippen molar-refractivity contribution in [3.63, 3.8) is 0 Å². The van der Waals surface area contributed by atoms with E-state index in [-0.39, 0.29) is 12.3 Å². The third-order valence-electron chi connectivity index (χ3n) is 3.57. The maximum absolute atomic E-state index is 12.5. The molecule has 0 saturated carbocycles. The van der Waals surface area contributed by atoms with Crippen LogP contribution >= 0.6 is 0 Å². The predicted octanol–water partition coefficient (Wildman–Crippen LogP) is 4.56. The Morgan fingerprint density at radius 1 is 1.04 bits per heavy atom. The van der Waals surface area contributed by atoms with Crippen LogP contribution in [0.3, 0.4) is 0 Å². The summed E-state index contributed by atoms with van der Waals surface area (Å²) >= 11 is 0. The van der Waals surface area contributed by atoms with E-state index in [9.17, 15) is 18.0 Å². The Morgan fingerprint density at radius 3 is 2.21 bits per heavy atom. The fraction of sp³-hybridized carbons (Fsp3) is 0.278. The monoisotopic (exact) mass is 336 g/mol. The van der Waals surface area contributed by atoms with Crippen LogP contribution in [-0.2, 0) is 11.0 Å². The second kappa shape index (κ2) is 7.86. The SMILES string of the molecule is CCN(C(=O)CCNc1ccc(C(F)(F)F)cc1)c1ccccc1. The molecule has 2 rings (SSSR count). The van der Waals surface area contributed by atoms with Crippen molar-refractivity contribution < 1.29 is 18.0 Å². The molecule has 24 heavy (non-hydrogen) atoms. The van der Waals surface area contributed by atoms with Gasteiger partial charge in [-0.05, 0) is 43.3 Å². The average molecular weight is 336 g/mol. The number of rotatable bonds is 6. The van der Waals surface area contributed by atoms with Gasteiger partial charge in [-0.1, -0.05) is 18.2 Å². The smallest absolute Gasteiger partial charge is 0.385 e. The molecule has 0 radical (unpaired) electrons. The molecule has 0 aliphatic heterocycles. The molecule has 0 aliphatic carbocycles. The molecular weight excluding hydrogens is 317 g/mol. The molecule has 1 amide bonds. The minimum Gasteiger partial charge on any atom is -0.385 e. The van der Waals surface area contributed by atoms with Crippen LogP contribution in [-0.4, -0.2) is 19.0 Å². The number of halogens is 3. The van der Waals surface area contributed by atoms with E-state index < -0.39 is 11.7 Å². The molecule has 0 atom stereocenters. The molecule has 0 heterocycles. The lowest BCUT2D eigenvalue weighted by molar-refractivity contribution is -0.137. The molecule has 128 valence electrons. The summed E-state index contributed by atoms with van der Waals surface area (Å²) in [5.41, 5.74) is 0.698. The van der Waals surface area contributed by atoms with Crippen LogP contribution in [0.5, 0.6) is 0 Å². The maximum Gasteiger partial charge on any atom is 0.416 e. The Morgan fingerprint density at radius 2 is 1.67 bits per heavy atom. The van der Waals surface area contributed by atoms with Crippen molar-refractivity contribution in [3.05, 3.63) is 60.2 Å². The lowest BCUT2D eigenvalue weighted by atomic mass is 10.2. The molecule has 0 unspecified atom stereocenters. The van der Waals surface area contributed by atoms with Crippen LogP contribution in [0.15, 0.2) is 54.6 Å². The summed E-state index contributed by atoms with van der Waals surface area (Å²) in [5.74, 6) is -0.0388. The molecule has 1 N–H and O–H groups in total. The van der Waals surface area contributed by atoms with E-state index in [1.54, 1.807) is 4.90 Å². The van der Waals surface area contributed by atoms with E-state index in [0.717, 1.165) is 17.8 Å². The van der Waals surface area contributed by atoms with Crippen molar-refractivity contribution in [3.8, 4) is 0 Å². The first-order valence-corrected chi connectivity index (χ1v) is 7.68. The Balaban J connectivity index is 1.88. The number of para-hydroxylation sites is 1. The van der Waals surface area contributed by atoms with Gasteiger partial charge in [-0.3, -0.25) is 4.79 Å². The number of nitrogens with one attached hydrogen (secondary N) is 1. The number of hydrogen-bond acceptors (Lipinski definition) is 2. The normalized spacial score (nSPS) is 11.2. The third kappa shape index (κ3) is 4.75. The van der Waals surface area contributed by atoms with Crippen molar-refractivity contribution >= 4 is 17.3 Å². The Kier molecular flexibility index (Phi) is 5.84. The lowest BCUT2D eigenvalue weighted by Crippen LogP contribution is -2.31. The number of amides is 1. The second-order valence-electron chi connectivity index (χ2n) is 5.23. The van der Waals surface area contributed by atoms with Crippen LogP contribution in [0.25, 0.3) is 0 Å². The van der Waals surface area contributed by atoms with Crippen molar-refractivity contribution in [1.29, 1.82) is 0 Å². The van der Waals surface area contributed by atoms with Crippen LogP contribution in [0.1, 0.15) is 18.9 Å². The molecule has 6 heteroatoms. The summed E-state index contributed by atoms with van der Waals surface area (Å²) in [6, 6.07) is 14.1. The van der Waals surface area contributed by atoms with Gasteiger partial charge in [-0.25, -0.2) is 0 Å². The third-order valence-corrected chi connectivity index (χ3v) is 3.57. The van der Waals surface area contributed by atoms with Gasteiger partial charge < -0.3 is 10.2 Å². The van der Waals surface area contributed by atoms with Crippen molar-refractivity contribution in [2.45, 2.75) is 19.5 Å². The minimum absolute atomic E-state index is 0.0388.